The average molecular weight is 423 g/mol. The van der Waals surface area contributed by atoms with Crippen LogP contribution in [0.15, 0.2) is 60.8 Å². The van der Waals surface area contributed by atoms with Crippen molar-refractivity contribution in [1.82, 2.24) is 9.88 Å². The molecule has 0 saturated carbocycles. The van der Waals surface area contributed by atoms with Crippen LogP contribution in [0.25, 0.3) is 10.4 Å². The molecule has 1 unspecified atom stereocenters. The third kappa shape index (κ3) is 4.60. The van der Waals surface area contributed by atoms with Gasteiger partial charge in [0, 0.05) is 18.4 Å². The van der Waals surface area contributed by atoms with Crippen LogP contribution in [0.4, 0.5) is 15.6 Å². The maximum atomic E-state index is 12.8. The van der Waals surface area contributed by atoms with Gasteiger partial charge in [-0.05, 0) is 36.1 Å². The molecule has 3 N–H and O–H groups in total. The molecule has 7 nitrogen and oxygen atoms in total. The molecule has 1 fully saturated rings. The predicted molar refractivity (Wildman–Crippen MR) is 117 cm³/mol. The summed E-state index contributed by atoms with van der Waals surface area (Å²) in [6.07, 6.45) is 2.60. The molecular weight excluding hydrogens is 400 g/mol. The Hall–Kier alpha value is -3.39. The standard InChI is InChI=1S/C22H22N4O3S/c23-17-10-8-16(9-11-17)19-13-24-21(30-19)25-20(27)18-7-4-12-26(18)22(28)29-14-15-5-2-1-3-6-15/h1-3,5-6,8-11,13,18H,4,7,12,14,23H2,(H,24,25,27). The summed E-state index contributed by atoms with van der Waals surface area (Å²) >= 11 is 1.38. The number of rotatable bonds is 5. The first-order valence-electron chi connectivity index (χ1n) is 9.70. The van der Waals surface area contributed by atoms with E-state index in [-0.39, 0.29) is 12.5 Å². The van der Waals surface area contributed by atoms with Gasteiger partial charge < -0.3 is 15.8 Å². The van der Waals surface area contributed by atoms with Gasteiger partial charge in [-0.1, -0.05) is 53.8 Å². The number of nitrogens with one attached hydrogen (secondary N) is 1. The minimum absolute atomic E-state index is 0.182. The summed E-state index contributed by atoms with van der Waals surface area (Å²) in [4.78, 5) is 32.0. The van der Waals surface area contributed by atoms with E-state index in [1.54, 1.807) is 6.20 Å². The molecule has 8 heteroatoms. The van der Waals surface area contributed by atoms with Crippen LogP contribution in [0.3, 0.4) is 0 Å². The number of carbonyl (C=O) groups is 2. The summed E-state index contributed by atoms with van der Waals surface area (Å²) in [6, 6.07) is 16.4. The number of amides is 2. The van der Waals surface area contributed by atoms with E-state index in [0.717, 1.165) is 22.4 Å². The molecule has 2 aromatic carbocycles. The first-order valence-corrected chi connectivity index (χ1v) is 10.5. The van der Waals surface area contributed by atoms with Crippen molar-refractivity contribution in [2.75, 3.05) is 17.6 Å². The Morgan fingerprint density at radius 1 is 1.17 bits per heavy atom. The Morgan fingerprint density at radius 2 is 1.93 bits per heavy atom. The van der Waals surface area contributed by atoms with E-state index in [9.17, 15) is 9.59 Å². The number of ether oxygens (including phenoxy) is 1. The van der Waals surface area contributed by atoms with E-state index in [4.69, 9.17) is 10.5 Å². The van der Waals surface area contributed by atoms with E-state index in [1.807, 2.05) is 54.6 Å². The Morgan fingerprint density at radius 3 is 2.70 bits per heavy atom. The van der Waals surface area contributed by atoms with Crippen LogP contribution in [-0.4, -0.2) is 34.5 Å². The molecule has 1 aliphatic heterocycles. The van der Waals surface area contributed by atoms with Crippen molar-refractivity contribution in [3.05, 3.63) is 66.4 Å². The predicted octanol–water partition coefficient (Wildman–Crippen LogP) is 4.13. The Balaban J connectivity index is 1.36. The quantitative estimate of drug-likeness (QED) is 0.603. The van der Waals surface area contributed by atoms with Gasteiger partial charge in [0.15, 0.2) is 5.13 Å². The van der Waals surface area contributed by atoms with Crippen LogP contribution in [0, 0.1) is 0 Å². The second kappa shape index (κ2) is 8.96. The molecular formula is C22H22N4O3S. The summed E-state index contributed by atoms with van der Waals surface area (Å²) < 4.78 is 5.40. The molecule has 30 heavy (non-hydrogen) atoms. The molecule has 0 spiro atoms. The van der Waals surface area contributed by atoms with Crippen molar-refractivity contribution in [3.8, 4) is 10.4 Å². The number of thiazole rings is 1. The monoisotopic (exact) mass is 422 g/mol. The van der Waals surface area contributed by atoms with Crippen LogP contribution < -0.4 is 11.1 Å². The minimum Gasteiger partial charge on any atom is -0.445 e. The zero-order valence-corrected chi connectivity index (χ0v) is 17.1. The van der Waals surface area contributed by atoms with Gasteiger partial charge in [-0.2, -0.15) is 0 Å². The number of nitrogen functional groups attached to an aromatic ring is 1. The van der Waals surface area contributed by atoms with E-state index in [1.165, 1.54) is 16.2 Å². The van der Waals surface area contributed by atoms with Gasteiger partial charge in [0.25, 0.3) is 0 Å². The molecule has 3 aromatic rings. The molecule has 2 amide bonds. The fourth-order valence-electron chi connectivity index (χ4n) is 3.36. The normalized spacial score (nSPS) is 15.7. The second-order valence-electron chi connectivity index (χ2n) is 7.03. The average Bonchev–Trinajstić information content (AvgIpc) is 3.43. The van der Waals surface area contributed by atoms with Crippen molar-refractivity contribution >= 4 is 34.2 Å². The molecule has 2 heterocycles. The van der Waals surface area contributed by atoms with Crippen LogP contribution in [0.5, 0.6) is 0 Å². The lowest BCUT2D eigenvalue weighted by molar-refractivity contribution is -0.120. The number of anilines is 2. The van der Waals surface area contributed by atoms with Gasteiger partial charge in [-0.25, -0.2) is 9.78 Å². The van der Waals surface area contributed by atoms with Gasteiger partial charge in [0.05, 0.1) is 4.88 Å². The molecule has 154 valence electrons. The summed E-state index contributed by atoms with van der Waals surface area (Å²) in [5.41, 5.74) is 8.31. The maximum absolute atomic E-state index is 12.8. The lowest BCUT2D eigenvalue weighted by Gasteiger charge is -2.22. The minimum atomic E-state index is -0.558. The van der Waals surface area contributed by atoms with Gasteiger partial charge >= 0.3 is 6.09 Å². The van der Waals surface area contributed by atoms with E-state index < -0.39 is 12.1 Å². The maximum Gasteiger partial charge on any atom is 0.410 e. The van der Waals surface area contributed by atoms with Crippen molar-refractivity contribution in [3.63, 3.8) is 0 Å². The van der Waals surface area contributed by atoms with Gasteiger partial charge in [0.1, 0.15) is 12.6 Å². The molecule has 0 aliphatic carbocycles. The van der Waals surface area contributed by atoms with Gasteiger partial charge in [-0.3, -0.25) is 9.69 Å². The molecule has 1 aromatic heterocycles. The Kier molecular flexibility index (Phi) is 5.94. The Labute approximate surface area is 178 Å². The first kappa shape index (κ1) is 19.9. The summed E-state index contributed by atoms with van der Waals surface area (Å²) in [5, 5.41) is 3.33. The topological polar surface area (TPSA) is 97.5 Å². The lowest BCUT2D eigenvalue weighted by Crippen LogP contribution is -2.43. The molecule has 0 bridgehead atoms. The van der Waals surface area contributed by atoms with Gasteiger partial charge in [0.2, 0.25) is 5.91 Å². The zero-order chi connectivity index (χ0) is 20.9. The van der Waals surface area contributed by atoms with E-state index in [2.05, 4.69) is 10.3 Å². The van der Waals surface area contributed by atoms with E-state index >= 15 is 0 Å². The summed E-state index contributed by atoms with van der Waals surface area (Å²) in [7, 11) is 0. The molecule has 1 saturated heterocycles. The summed E-state index contributed by atoms with van der Waals surface area (Å²) in [6.45, 7) is 0.683. The number of hydrogen-bond donors (Lipinski definition) is 2. The first-order chi connectivity index (χ1) is 14.6. The lowest BCUT2D eigenvalue weighted by atomic mass is 10.2. The highest BCUT2D eigenvalue weighted by Gasteiger charge is 2.35. The van der Waals surface area contributed by atoms with Crippen LogP contribution in [-0.2, 0) is 16.1 Å². The van der Waals surface area contributed by atoms with Crippen LogP contribution in [0.1, 0.15) is 18.4 Å². The highest BCUT2D eigenvalue weighted by molar-refractivity contribution is 7.19. The van der Waals surface area contributed by atoms with Gasteiger partial charge in [-0.15, -0.1) is 0 Å². The van der Waals surface area contributed by atoms with Crippen molar-refractivity contribution in [2.24, 2.45) is 0 Å². The second-order valence-corrected chi connectivity index (χ2v) is 8.06. The third-order valence-electron chi connectivity index (χ3n) is 4.93. The van der Waals surface area contributed by atoms with E-state index in [0.29, 0.717) is 23.8 Å². The third-order valence-corrected chi connectivity index (χ3v) is 5.89. The number of nitrogens with zero attached hydrogens (tertiary/aromatic N) is 2. The number of hydrogen-bond acceptors (Lipinski definition) is 6. The summed E-state index contributed by atoms with van der Waals surface area (Å²) in [5.74, 6) is -0.248. The van der Waals surface area contributed by atoms with Crippen LogP contribution >= 0.6 is 11.3 Å². The molecule has 4 rings (SSSR count). The number of carbonyl (C=O) groups excluding carboxylic acids is 2. The smallest absolute Gasteiger partial charge is 0.410 e. The fraction of sp³-hybridized carbons (Fsp3) is 0.227. The molecule has 0 radical (unpaired) electrons. The number of nitrogens with two attached hydrogens (primary N) is 1. The number of benzene rings is 2. The molecule has 1 aliphatic rings. The Bertz CT molecular complexity index is 1020. The van der Waals surface area contributed by atoms with Crippen LogP contribution in [0.2, 0.25) is 0 Å². The highest BCUT2D eigenvalue weighted by Crippen LogP contribution is 2.30. The highest BCUT2D eigenvalue weighted by atomic mass is 32.1. The van der Waals surface area contributed by atoms with Crippen molar-refractivity contribution in [1.29, 1.82) is 0 Å². The number of aromatic nitrogens is 1. The zero-order valence-electron chi connectivity index (χ0n) is 16.3. The largest absolute Gasteiger partial charge is 0.445 e. The SMILES string of the molecule is Nc1ccc(-c2cnc(NC(=O)C3CCCN3C(=O)OCc3ccccc3)s2)cc1. The number of likely N-dealkylation sites (tertiary alicyclic amines) is 1. The fourth-order valence-corrected chi connectivity index (χ4v) is 4.19. The molecule has 1 atom stereocenters. The van der Waals surface area contributed by atoms with Crippen molar-refractivity contribution in [2.45, 2.75) is 25.5 Å². The van der Waals surface area contributed by atoms with Crippen molar-refractivity contribution < 1.29 is 14.3 Å².